The zero-order valence-corrected chi connectivity index (χ0v) is 15.1. The van der Waals surface area contributed by atoms with Gasteiger partial charge in [-0.05, 0) is 42.8 Å². The molecule has 0 saturated carbocycles. The lowest BCUT2D eigenvalue weighted by molar-refractivity contribution is -0.118. The van der Waals surface area contributed by atoms with Gasteiger partial charge in [0.1, 0.15) is 10.6 Å². The quantitative estimate of drug-likeness (QED) is 0.603. The average molecular weight is 361 g/mol. The summed E-state index contributed by atoms with van der Waals surface area (Å²) in [6.07, 6.45) is 0.441. The summed E-state index contributed by atoms with van der Waals surface area (Å²) in [5, 5.41) is 3.24. The number of ketones is 1. The Hall–Kier alpha value is -2.67. The number of rotatable bonds is 7. The molecule has 1 aromatic heterocycles. The summed E-state index contributed by atoms with van der Waals surface area (Å²) in [5.41, 5.74) is 1.35. The number of amides is 1. The van der Waals surface area contributed by atoms with Crippen LogP contribution in [-0.2, 0) is 9.53 Å². The van der Waals surface area contributed by atoms with E-state index in [1.165, 1.54) is 7.11 Å². The van der Waals surface area contributed by atoms with Crippen LogP contribution in [0.15, 0.2) is 30.3 Å². The molecule has 0 aliphatic heterocycles. The minimum absolute atomic E-state index is 0.0544. The number of thiophene rings is 1. The third-order valence-electron chi connectivity index (χ3n) is 3.42. The van der Waals surface area contributed by atoms with Crippen molar-refractivity contribution in [3.8, 4) is 5.75 Å². The molecule has 25 heavy (non-hydrogen) atoms. The fourth-order valence-electron chi connectivity index (χ4n) is 2.10. The van der Waals surface area contributed by atoms with Gasteiger partial charge in [-0.25, -0.2) is 4.79 Å². The van der Waals surface area contributed by atoms with Gasteiger partial charge >= 0.3 is 5.97 Å². The first-order chi connectivity index (χ1) is 11.9. The van der Waals surface area contributed by atoms with E-state index in [1.54, 1.807) is 44.2 Å². The van der Waals surface area contributed by atoms with Gasteiger partial charge in [0.2, 0.25) is 0 Å². The predicted octanol–water partition coefficient (Wildman–Crippen LogP) is 3.45. The van der Waals surface area contributed by atoms with Crippen molar-refractivity contribution in [1.29, 1.82) is 0 Å². The first-order valence-corrected chi connectivity index (χ1v) is 8.51. The van der Waals surface area contributed by atoms with Gasteiger partial charge in [0.25, 0.3) is 5.91 Å². The monoisotopic (exact) mass is 361 g/mol. The Kier molecular flexibility index (Phi) is 6.30. The van der Waals surface area contributed by atoms with Gasteiger partial charge in [-0.15, -0.1) is 11.3 Å². The molecule has 0 spiro atoms. The van der Waals surface area contributed by atoms with Gasteiger partial charge in [-0.2, -0.15) is 0 Å². The van der Waals surface area contributed by atoms with E-state index in [2.05, 4.69) is 10.1 Å². The van der Waals surface area contributed by atoms with Crippen LogP contribution in [0, 0.1) is 6.92 Å². The number of hydrogen-bond acceptors (Lipinski definition) is 6. The summed E-state index contributed by atoms with van der Waals surface area (Å²) in [5.74, 6) is -0.216. The highest BCUT2D eigenvalue weighted by Gasteiger charge is 2.15. The second-order valence-corrected chi connectivity index (χ2v) is 6.30. The molecule has 0 radical (unpaired) electrons. The highest BCUT2D eigenvalue weighted by atomic mass is 32.1. The molecule has 0 aliphatic rings. The predicted molar refractivity (Wildman–Crippen MR) is 95.6 cm³/mol. The Balaban J connectivity index is 1.90. The number of hydrogen-bond donors (Lipinski definition) is 1. The van der Waals surface area contributed by atoms with Crippen molar-refractivity contribution in [3.63, 3.8) is 0 Å². The maximum Gasteiger partial charge on any atom is 0.348 e. The highest BCUT2D eigenvalue weighted by Crippen LogP contribution is 2.27. The summed E-state index contributed by atoms with van der Waals surface area (Å²) in [6, 6.07) is 8.36. The molecule has 0 atom stereocenters. The van der Waals surface area contributed by atoms with E-state index in [1.807, 2.05) is 0 Å². The molecule has 2 rings (SSSR count). The molecule has 1 heterocycles. The summed E-state index contributed by atoms with van der Waals surface area (Å²) >= 11 is 1.15. The van der Waals surface area contributed by atoms with Gasteiger partial charge < -0.3 is 14.8 Å². The van der Waals surface area contributed by atoms with Crippen molar-refractivity contribution < 1.29 is 23.9 Å². The average Bonchev–Trinajstić information content (AvgIpc) is 2.99. The minimum atomic E-state index is -0.430. The zero-order valence-electron chi connectivity index (χ0n) is 14.3. The molecule has 1 amide bonds. The molecule has 0 saturated heterocycles. The van der Waals surface area contributed by atoms with Crippen molar-refractivity contribution in [2.45, 2.75) is 20.3 Å². The molecular formula is C18H19NO5S. The molecule has 0 unspecified atom stereocenters. The fraction of sp³-hybridized carbons (Fsp3) is 0.278. The molecule has 0 bridgehead atoms. The van der Waals surface area contributed by atoms with Gasteiger partial charge in [0.15, 0.2) is 12.4 Å². The van der Waals surface area contributed by atoms with Crippen LogP contribution < -0.4 is 10.1 Å². The van der Waals surface area contributed by atoms with E-state index >= 15 is 0 Å². The lowest BCUT2D eigenvalue weighted by Gasteiger charge is -2.07. The SMILES string of the molecule is CCC(=O)c1ccc(OCC(=O)Nc2cc(C)c(C(=O)OC)s2)cc1. The number of carbonyl (C=O) groups excluding carboxylic acids is 3. The number of benzene rings is 1. The van der Waals surface area contributed by atoms with E-state index in [0.717, 1.165) is 16.9 Å². The fourth-order valence-corrected chi connectivity index (χ4v) is 3.11. The maximum absolute atomic E-state index is 12.0. The van der Waals surface area contributed by atoms with Gasteiger partial charge in [-0.3, -0.25) is 9.59 Å². The summed E-state index contributed by atoms with van der Waals surface area (Å²) in [4.78, 5) is 35.5. The topological polar surface area (TPSA) is 81.7 Å². The normalized spacial score (nSPS) is 10.2. The Labute approximate surface area is 149 Å². The first-order valence-electron chi connectivity index (χ1n) is 7.69. The number of aryl methyl sites for hydroxylation is 1. The van der Waals surface area contributed by atoms with E-state index in [-0.39, 0.29) is 18.3 Å². The lowest BCUT2D eigenvalue weighted by atomic mass is 10.1. The number of nitrogens with one attached hydrogen (secondary N) is 1. The largest absolute Gasteiger partial charge is 0.484 e. The molecular weight excluding hydrogens is 342 g/mol. The molecule has 2 aromatic rings. The van der Waals surface area contributed by atoms with Crippen molar-refractivity contribution >= 4 is 34.0 Å². The van der Waals surface area contributed by atoms with Gasteiger partial charge in [0.05, 0.1) is 12.1 Å². The Morgan fingerprint density at radius 3 is 2.44 bits per heavy atom. The van der Waals surface area contributed by atoms with Gasteiger partial charge in [-0.1, -0.05) is 6.92 Å². The van der Waals surface area contributed by atoms with Crippen molar-refractivity contribution in [2.75, 3.05) is 19.0 Å². The zero-order chi connectivity index (χ0) is 18.4. The Morgan fingerprint density at radius 2 is 1.84 bits per heavy atom. The van der Waals surface area contributed by atoms with Crippen LogP contribution in [0.2, 0.25) is 0 Å². The van der Waals surface area contributed by atoms with Crippen LogP contribution in [-0.4, -0.2) is 31.4 Å². The van der Waals surface area contributed by atoms with Crippen LogP contribution in [0.1, 0.15) is 38.9 Å². The van der Waals surface area contributed by atoms with Gasteiger partial charge in [0, 0.05) is 12.0 Å². The van der Waals surface area contributed by atoms with E-state index in [0.29, 0.717) is 27.6 Å². The third kappa shape index (κ3) is 4.90. The molecule has 132 valence electrons. The van der Waals surface area contributed by atoms with E-state index in [4.69, 9.17) is 4.74 Å². The number of methoxy groups -OCH3 is 1. The number of esters is 1. The van der Waals surface area contributed by atoms with Crippen LogP contribution in [0.4, 0.5) is 5.00 Å². The Morgan fingerprint density at radius 1 is 1.16 bits per heavy atom. The molecule has 1 N–H and O–H groups in total. The van der Waals surface area contributed by atoms with Crippen LogP contribution >= 0.6 is 11.3 Å². The number of anilines is 1. The Bertz CT molecular complexity index is 779. The second-order valence-electron chi connectivity index (χ2n) is 5.25. The maximum atomic E-state index is 12.0. The molecule has 1 aromatic carbocycles. The second kappa shape index (κ2) is 8.43. The first kappa shape index (κ1) is 18.7. The van der Waals surface area contributed by atoms with Crippen LogP contribution in [0.25, 0.3) is 0 Å². The molecule has 0 fully saturated rings. The summed E-state index contributed by atoms with van der Waals surface area (Å²) in [6.45, 7) is 3.40. The van der Waals surface area contributed by atoms with Crippen molar-refractivity contribution in [2.24, 2.45) is 0 Å². The smallest absolute Gasteiger partial charge is 0.348 e. The number of carbonyl (C=O) groups is 3. The number of ether oxygens (including phenoxy) is 2. The van der Waals surface area contributed by atoms with Crippen molar-refractivity contribution in [3.05, 3.63) is 46.3 Å². The molecule has 6 nitrogen and oxygen atoms in total. The summed E-state index contributed by atoms with van der Waals surface area (Å²) in [7, 11) is 1.31. The molecule has 7 heteroatoms. The standard InChI is InChI=1S/C18H19NO5S/c1-4-14(20)12-5-7-13(8-6-12)24-10-15(21)19-16-9-11(2)17(25-16)18(22)23-3/h5-9H,4,10H2,1-3H3,(H,19,21). The molecule has 0 aliphatic carbocycles. The number of Topliss-reactive ketones (excluding diaryl/α,β-unsaturated/α-hetero) is 1. The summed E-state index contributed by atoms with van der Waals surface area (Å²) < 4.78 is 10.1. The van der Waals surface area contributed by atoms with Crippen LogP contribution in [0.5, 0.6) is 5.75 Å². The van der Waals surface area contributed by atoms with Crippen LogP contribution in [0.3, 0.4) is 0 Å². The minimum Gasteiger partial charge on any atom is -0.484 e. The van der Waals surface area contributed by atoms with E-state index < -0.39 is 5.97 Å². The highest BCUT2D eigenvalue weighted by molar-refractivity contribution is 7.18. The van der Waals surface area contributed by atoms with E-state index in [9.17, 15) is 14.4 Å². The lowest BCUT2D eigenvalue weighted by Crippen LogP contribution is -2.19. The third-order valence-corrected chi connectivity index (χ3v) is 4.55. The van der Waals surface area contributed by atoms with Crippen molar-refractivity contribution in [1.82, 2.24) is 0 Å².